The van der Waals surface area contributed by atoms with Gasteiger partial charge in [-0.3, -0.25) is 9.36 Å². The summed E-state index contributed by atoms with van der Waals surface area (Å²) in [6.45, 7) is 2.85. The number of benzene rings is 3. The lowest BCUT2D eigenvalue weighted by Crippen LogP contribution is -2.42. The highest BCUT2D eigenvalue weighted by Crippen LogP contribution is 2.46. The molecule has 5 aromatic rings. The number of amides is 3. The molecule has 3 aromatic carbocycles. The number of carbonyl (C=O) groups is 2. The van der Waals surface area contributed by atoms with Crippen molar-refractivity contribution in [2.45, 2.75) is 57.0 Å². The monoisotopic (exact) mass is 746 g/mol. The first-order chi connectivity index (χ1) is 26.8. The van der Waals surface area contributed by atoms with E-state index in [1.165, 1.54) is 22.3 Å². The minimum atomic E-state index is -2.68. The maximum Gasteiger partial charge on any atom is 0.409 e. The SMILES string of the molecule is CNC(=O)N1CCc2c(c(N3CCCc4cc(-c5cnn(C)c5)c(C(F)F)cc43)nn2C2CCN(C(=O)OCC3c4ccccc4-c4ccccc43)CC2)C1. The fourth-order valence-corrected chi connectivity index (χ4v) is 9.12. The molecule has 9 rings (SSSR count). The van der Waals surface area contributed by atoms with Gasteiger partial charge in [-0.25, -0.2) is 18.4 Å². The molecule has 1 fully saturated rings. The minimum Gasteiger partial charge on any atom is -0.448 e. The van der Waals surface area contributed by atoms with Crippen LogP contribution in [0.15, 0.2) is 73.1 Å². The van der Waals surface area contributed by atoms with E-state index in [-0.39, 0.29) is 36.3 Å². The van der Waals surface area contributed by atoms with Crippen LogP contribution in [0.5, 0.6) is 0 Å². The van der Waals surface area contributed by atoms with Crippen LogP contribution in [0.3, 0.4) is 0 Å². The molecule has 3 amide bonds. The molecule has 5 heterocycles. The normalized spacial score (nSPS) is 16.9. The molecule has 284 valence electrons. The number of piperidine rings is 1. The van der Waals surface area contributed by atoms with Crippen molar-refractivity contribution in [2.24, 2.45) is 7.05 Å². The second kappa shape index (κ2) is 14.2. The fraction of sp³-hybridized carbons (Fsp3) is 0.381. The summed E-state index contributed by atoms with van der Waals surface area (Å²) in [4.78, 5) is 32.0. The summed E-state index contributed by atoms with van der Waals surface area (Å²) >= 11 is 0. The van der Waals surface area contributed by atoms with Crippen LogP contribution >= 0.6 is 0 Å². The number of hydrogen-bond acceptors (Lipinski definition) is 6. The summed E-state index contributed by atoms with van der Waals surface area (Å²) < 4.78 is 39.1. The van der Waals surface area contributed by atoms with Crippen molar-refractivity contribution < 1.29 is 23.1 Å². The molecule has 0 saturated carbocycles. The topological polar surface area (TPSA) is 101 Å². The average molecular weight is 747 g/mol. The Morgan fingerprint density at radius 2 is 1.65 bits per heavy atom. The zero-order chi connectivity index (χ0) is 37.8. The standard InChI is InChI=1S/C42H44F2N8O3/c1-45-41(53)50-19-15-37-35(24-50)40(51-16-7-8-26-20-33(27-22-46-48(2)23-27)34(39(43)44)21-38(26)51)47-52(37)28-13-17-49(18-14-28)42(54)55-25-36-31-11-5-3-9-29(31)30-10-4-6-12-32(30)36/h3-6,9-12,20-23,28,36,39H,7-8,13-19,24-25H2,1-2H3,(H,45,53). The van der Waals surface area contributed by atoms with Gasteiger partial charge in [-0.15, -0.1) is 0 Å². The Hall–Kier alpha value is -5.72. The molecule has 2 aromatic heterocycles. The first-order valence-corrected chi connectivity index (χ1v) is 19.2. The Labute approximate surface area is 318 Å². The average Bonchev–Trinajstić information content (AvgIpc) is 3.92. The van der Waals surface area contributed by atoms with Crippen molar-refractivity contribution in [2.75, 3.05) is 44.7 Å². The predicted molar refractivity (Wildman–Crippen MR) is 205 cm³/mol. The third kappa shape index (κ3) is 6.19. The van der Waals surface area contributed by atoms with Crippen molar-refractivity contribution >= 4 is 23.6 Å². The molecule has 1 saturated heterocycles. The zero-order valence-electron chi connectivity index (χ0n) is 31.0. The van der Waals surface area contributed by atoms with Gasteiger partial charge in [0.2, 0.25) is 0 Å². The number of urea groups is 1. The van der Waals surface area contributed by atoms with E-state index in [2.05, 4.69) is 44.3 Å². The lowest BCUT2D eigenvalue weighted by atomic mass is 9.92. The quantitative estimate of drug-likeness (QED) is 0.192. The molecule has 0 atom stereocenters. The first kappa shape index (κ1) is 35.0. The predicted octanol–water partition coefficient (Wildman–Crippen LogP) is 7.59. The van der Waals surface area contributed by atoms with E-state index in [4.69, 9.17) is 9.84 Å². The number of alkyl halides is 2. The van der Waals surface area contributed by atoms with E-state index < -0.39 is 6.43 Å². The van der Waals surface area contributed by atoms with Crippen LogP contribution in [-0.4, -0.2) is 81.3 Å². The number of fused-ring (bicyclic) bond motifs is 5. The molecule has 0 radical (unpaired) electrons. The third-order valence-electron chi connectivity index (χ3n) is 11.8. The highest BCUT2D eigenvalue weighted by atomic mass is 19.3. The summed E-state index contributed by atoms with van der Waals surface area (Å²) in [5.41, 5.74) is 9.56. The highest BCUT2D eigenvalue weighted by molar-refractivity contribution is 5.80. The van der Waals surface area contributed by atoms with Crippen molar-refractivity contribution in [3.05, 3.63) is 107 Å². The summed E-state index contributed by atoms with van der Waals surface area (Å²) in [5, 5.41) is 12.2. The number of nitrogens with one attached hydrogen (secondary N) is 1. The van der Waals surface area contributed by atoms with Crippen LogP contribution in [0.4, 0.5) is 29.9 Å². The molecule has 55 heavy (non-hydrogen) atoms. The molecule has 13 heteroatoms. The van der Waals surface area contributed by atoms with Gasteiger partial charge in [-0.05, 0) is 71.2 Å². The molecule has 3 aliphatic heterocycles. The molecular formula is C42H44F2N8O3. The summed E-state index contributed by atoms with van der Waals surface area (Å²) in [7, 11) is 3.40. The Bertz CT molecular complexity index is 2230. The number of rotatable bonds is 6. The van der Waals surface area contributed by atoms with E-state index in [9.17, 15) is 18.4 Å². The van der Waals surface area contributed by atoms with Gasteiger partial charge < -0.3 is 24.8 Å². The van der Waals surface area contributed by atoms with Crippen LogP contribution in [0, 0.1) is 0 Å². The molecule has 1 N–H and O–H groups in total. The summed E-state index contributed by atoms with van der Waals surface area (Å²) in [5.74, 6) is 0.703. The van der Waals surface area contributed by atoms with Gasteiger partial charge in [0.15, 0.2) is 5.82 Å². The van der Waals surface area contributed by atoms with E-state index in [0.717, 1.165) is 35.3 Å². The largest absolute Gasteiger partial charge is 0.448 e. The molecule has 0 unspecified atom stereocenters. The summed E-state index contributed by atoms with van der Waals surface area (Å²) in [6, 6.07) is 20.0. The van der Waals surface area contributed by atoms with Gasteiger partial charge in [0.1, 0.15) is 6.61 Å². The van der Waals surface area contributed by atoms with Crippen LogP contribution in [0.1, 0.15) is 71.2 Å². The van der Waals surface area contributed by atoms with E-state index >= 15 is 0 Å². The molecule has 0 bridgehead atoms. The van der Waals surface area contributed by atoms with Gasteiger partial charge in [0.05, 0.1) is 18.8 Å². The Balaban J connectivity index is 0.966. The maximum absolute atomic E-state index is 14.7. The highest BCUT2D eigenvalue weighted by Gasteiger charge is 2.36. The van der Waals surface area contributed by atoms with Gasteiger partial charge in [0, 0.05) is 86.9 Å². The van der Waals surface area contributed by atoms with Crippen molar-refractivity contribution in [3.63, 3.8) is 0 Å². The zero-order valence-corrected chi connectivity index (χ0v) is 31.0. The van der Waals surface area contributed by atoms with E-state index in [1.54, 1.807) is 47.0 Å². The fourth-order valence-electron chi connectivity index (χ4n) is 9.12. The second-order valence-corrected chi connectivity index (χ2v) is 15.0. The molecular weight excluding hydrogens is 703 g/mol. The lowest BCUT2D eigenvalue weighted by molar-refractivity contribution is 0.0850. The number of halogens is 2. The number of ether oxygens (including phenoxy) is 1. The number of aryl methyl sites for hydroxylation is 2. The third-order valence-corrected chi connectivity index (χ3v) is 11.8. The second-order valence-electron chi connectivity index (χ2n) is 15.0. The van der Waals surface area contributed by atoms with Gasteiger partial charge >= 0.3 is 12.1 Å². The van der Waals surface area contributed by atoms with Gasteiger partial charge in [-0.2, -0.15) is 10.2 Å². The molecule has 11 nitrogen and oxygen atoms in total. The smallest absolute Gasteiger partial charge is 0.409 e. The molecule has 1 aliphatic carbocycles. The van der Waals surface area contributed by atoms with Crippen LogP contribution in [0.25, 0.3) is 22.3 Å². The van der Waals surface area contributed by atoms with Crippen LogP contribution in [-0.2, 0) is 31.2 Å². The van der Waals surface area contributed by atoms with Gasteiger partial charge in [0.25, 0.3) is 6.43 Å². The Morgan fingerprint density at radius 3 is 2.33 bits per heavy atom. The number of likely N-dealkylation sites (tertiary alicyclic amines) is 1. The lowest BCUT2D eigenvalue weighted by Gasteiger charge is -2.34. The van der Waals surface area contributed by atoms with E-state index in [0.29, 0.717) is 68.9 Å². The molecule has 0 spiro atoms. The Kier molecular flexibility index (Phi) is 9.02. The van der Waals surface area contributed by atoms with Crippen LogP contribution < -0.4 is 10.2 Å². The number of aromatic nitrogens is 4. The van der Waals surface area contributed by atoms with Gasteiger partial charge in [-0.1, -0.05) is 48.5 Å². The van der Waals surface area contributed by atoms with Crippen molar-refractivity contribution in [1.29, 1.82) is 0 Å². The summed E-state index contributed by atoms with van der Waals surface area (Å²) in [6.07, 6.45) is 3.98. The van der Waals surface area contributed by atoms with Crippen molar-refractivity contribution in [3.8, 4) is 22.3 Å². The maximum atomic E-state index is 14.7. The van der Waals surface area contributed by atoms with Crippen molar-refractivity contribution in [1.82, 2.24) is 34.7 Å². The first-order valence-electron chi connectivity index (χ1n) is 19.2. The van der Waals surface area contributed by atoms with E-state index in [1.807, 2.05) is 30.3 Å². The van der Waals surface area contributed by atoms with Crippen LogP contribution in [0.2, 0.25) is 0 Å². The number of nitrogens with zero attached hydrogens (tertiary/aromatic N) is 7. The number of carbonyl (C=O) groups excluding carboxylic acids is 2. The number of anilines is 2. The Morgan fingerprint density at radius 1 is 0.927 bits per heavy atom. The number of hydrogen-bond donors (Lipinski definition) is 1. The minimum absolute atomic E-state index is 0.00381. The molecule has 4 aliphatic rings.